The maximum Gasteiger partial charge on any atom is 0.224 e. The van der Waals surface area contributed by atoms with E-state index < -0.39 is 15.1 Å². The Morgan fingerprint density at radius 3 is 2.45 bits per heavy atom. The number of rotatable bonds is 8. The molecule has 1 unspecified atom stereocenters. The zero-order valence-corrected chi connectivity index (χ0v) is 19.5. The van der Waals surface area contributed by atoms with Crippen LogP contribution in [0.1, 0.15) is 41.7 Å². The molecule has 1 atom stereocenters. The molecule has 33 heavy (non-hydrogen) atoms. The summed E-state index contributed by atoms with van der Waals surface area (Å²) in [4.78, 5) is 20.2. The number of sulfone groups is 1. The molecule has 0 bridgehead atoms. The summed E-state index contributed by atoms with van der Waals surface area (Å²) in [5, 5.41) is 2.87. The van der Waals surface area contributed by atoms with Crippen molar-refractivity contribution in [2.24, 2.45) is 0 Å². The van der Waals surface area contributed by atoms with E-state index in [1.54, 1.807) is 30.5 Å². The maximum atomic E-state index is 13.5. The molecule has 0 spiro atoms. The summed E-state index contributed by atoms with van der Waals surface area (Å²) in [5.41, 5.74) is 3.44. The van der Waals surface area contributed by atoms with Gasteiger partial charge in [0.05, 0.1) is 11.3 Å². The van der Waals surface area contributed by atoms with Crippen LogP contribution >= 0.6 is 0 Å². The predicted octanol–water partition coefficient (Wildman–Crippen LogP) is 4.56. The first-order valence-electron chi connectivity index (χ1n) is 10.9. The molecule has 0 aliphatic rings. The third kappa shape index (κ3) is 4.98. The molecule has 7 heteroatoms. The Balaban J connectivity index is 1.55. The number of H-pyrrole nitrogens is 1. The predicted molar refractivity (Wildman–Crippen MR) is 130 cm³/mol. The Bertz CT molecular complexity index is 1340. The van der Waals surface area contributed by atoms with Gasteiger partial charge in [-0.2, -0.15) is 0 Å². The Morgan fingerprint density at radius 2 is 1.76 bits per heavy atom. The van der Waals surface area contributed by atoms with Crippen LogP contribution in [0.5, 0.6) is 0 Å². The van der Waals surface area contributed by atoms with Crippen LogP contribution in [0.15, 0.2) is 84.1 Å². The van der Waals surface area contributed by atoms with Gasteiger partial charge in [0.2, 0.25) is 5.91 Å². The highest BCUT2D eigenvalue weighted by atomic mass is 32.2. The van der Waals surface area contributed by atoms with E-state index in [1.807, 2.05) is 42.6 Å². The van der Waals surface area contributed by atoms with Gasteiger partial charge >= 0.3 is 0 Å². The minimum Gasteiger partial charge on any atom is -0.361 e. The van der Waals surface area contributed by atoms with Gasteiger partial charge in [0.15, 0.2) is 9.84 Å². The number of amides is 1. The summed E-state index contributed by atoms with van der Waals surface area (Å²) < 4.78 is 27.1. The quantitative estimate of drug-likeness (QED) is 0.402. The molecule has 0 saturated carbocycles. The van der Waals surface area contributed by atoms with Crippen molar-refractivity contribution in [1.29, 1.82) is 0 Å². The Kier molecular flexibility index (Phi) is 6.60. The fourth-order valence-electron chi connectivity index (χ4n) is 3.90. The number of pyridine rings is 1. The summed E-state index contributed by atoms with van der Waals surface area (Å²) in [6, 6.07) is 18.2. The number of hydrogen-bond donors (Lipinski definition) is 2. The molecule has 0 saturated heterocycles. The lowest BCUT2D eigenvalue weighted by Gasteiger charge is -2.19. The SMILES string of the molecule is CC(C)c1ccc(S(=O)(=O)C(CNC(=O)Cc2c[nH]c3ccccc23)c2cccnc2)cc1. The second-order valence-electron chi connectivity index (χ2n) is 8.38. The highest BCUT2D eigenvalue weighted by molar-refractivity contribution is 7.91. The molecule has 0 radical (unpaired) electrons. The molecule has 170 valence electrons. The molecule has 0 fully saturated rings. The Labute approximate surface area is 194 Å². The third-order valence-corrected chi connectivity index (χ3v) is 7.93. The summed E-state index contributed by atoms with van der Waals surface area (Å²) in [6.45, 7) is 4.08. The first-order valence-corrected chi connectivity index (χ1v) is 12.5. The Morgan fingerprint density at radius 1 is 1.00 bits per heavy atom. The van der Waals surface area contributed by atoms with Crippen LogP contribution in [0, 0.1) is 0 Å². The number of carbonyl (C=O) groups is 1. The zero-order chi connectivity index (χ0) is 23.4. The van der Waals surface area contributed by atoms with Gasteiger partial charge in [-0.15, -0.1) is 0 Å². The Hall–Kier alpha value is -3.45. The van der Waals surface area contributed by atoms with E-state index >= 15 is 0 Å². The van der Waals surface area contributed by atoms with Gasteiger partial charge in [-0.05, 0) is 46.9 Å². The fourth-order valence-corrected chi connectivity index (χ4v) is 5.54. The lowest BCUT2D eigenvalue weighted by atomic mass is 10.0. The van der Waals surface area contributed by atoms with Crippen molar-refractivity contribution >= 4 is 26.6 Å². The second-order valence-corrected chi connectivity index (χ2v) is 10.5. The molecule has 0 aliphatic heterocycles. The van der Waals surface area contributed by atoms with Gasteiger partial charge in [-0.1, -0.05) is 50.2 Å². The van der Waals surface area contributed by atoms with Crippen molar-refractivity contribution in [2.75, 3.05) is 6.54 Å². The third-order valence-electron chi connectivity index (χ3n) is 5.82. The molecular weight excluding hydrogens is 434 g/mol. The number of nitrogens with zero attached hydrogens (tertiary/aromatic N) is 1. The van der Waals surface area contributed by atoms with Gasteiger partial charge in [-0.3, -0.25) is 9.78 Å². The van der Waals surface area contributed by atoms with Crippen LogP contribution in [0.4, 0.5) is 0 Å². The first kappa shape index (κ1) is 22.7. The smallest absolute Gasteiger partial charge is 0.224 e. The summed E-state index contributed by atoms with van der Waals surface area (Å²) in [6.07, 6.45) is 5.11. The van der Waals surface area contributed by atoms with Gasteiger partial charge in [0.25, 0.3) is 0 Å². The number of carbonyl (C=O) groups excluding carboxylic acids is 1. The number of aromatic amines is 1. The van der Waals surface area contributed by atoms with Crippen LogP contribution in [0.3, 0.4) is 0 Å². The number of hydrogen-bond acceptors (Lipinski definition) is 4. The van der Waals surface area contributed by atoms with E-state index in [2.05, 4.69) is 29.1 Å². The van der Waals surface area contributed by atoms with E-state index in [0.717, 1.165) is 22.0 Å². The van der Waals surface area contributed by atoms with E-state index in [9.17, 15) is 13.2 Å². The fraction of sp³-hybridized carbons (Fsp3) is 0.231. The van der Waals surface area contributed by atoms with E-state index in [0.29, 0.717) is 11.5 Å². The molecule has 0 aliphatic carbocycles. The molecule has 2 aromatic heterocycles. The second kappa shape index (κ2) is 9.58. The topological polar surface area (TPSA) is 91.9 Å². The van der Waals surface area contributed by atoms with E-state index in [4.69, 9.17) is 0 Å². The van der Waals surface area contributed by atoms with Crippen LogP contribution in [-0.4, -0.2) is 30.8 Å². The van der Waals surface area contributed by atoms with Crippen molar-refractivity contribution in [2.45, 2.75) is 36.3 Å². The van der Waals surface area contributed by atoms with Crippen LogP contribution < -0.4 is 5.32 Å². The van der Waals surface area contributed by atoms with Gasteiger partial charge in [-0.25, -0.2) is 8.42 Å². The summed E-state index contributed by atoms with van der Waals surface area (Å²) in [5.74, 6) is 0.0682. The average molecular weight is 462 g/mol. The van der Waals surface area contributed by atoms with Gasteiger partial charge in [0.1, 0.15) is 5.25 Å². The molecule has 4 aromatic rings. The lowest BCUT2D eigenvalue weighted by Crippen LogP contribution is -2.33. The van der Waals surface area contributed by atoms with Crippen LogP contribution in [-0.2, 0) is 21.1 Å². The zero-order valence-electron chi connectivity index (χ0n) is 18.7. The standard InChI is InChI=1S/C26H27N3O3S/c1-18(2)19-9-11-22(12-10-19)33(31,32)25(20-6-5-13-27-15-20)17-29-26(30)14-21-16-28-24-8-4-3-7-23(21)24/h3-13,15-16,18,25,28H,14,17H2,1-2H3,(H,29,30). The van der Waals surface area contributed by atoms with Crippen molar-refractivity contribution < 1.29 is 13.2 Å². The normalized spacial score (nSPS) is 12.7. The minimum absolute atomic E-state index is 0.0405. The number of benzene rings is 2. The van der Waals surface area contributed by atoms with Crippen molar-refractivity contribution in [3.8, 4) is 0 Å². The van der Waals surface area contributed by atoms with Crippen LogP contribution in [0.2, 0.25) is 0 Å². The molecule has 6 nitrogen and oxygen atoms in total. The number of aromatic nitrogens is 2. The molecular formula is C26H27N3O3S. The van der Waals surface area contributed by atoms with Crippen molar-refractivity contribution in [1.82, 2.24) is 15.3 Å². The highest BCUT2D eigenvalue weighted by Gasteiger charge is 2.30. The highest BCUT2D eigenvalue weighted by Crippen LogP contribution is 2.29. The van der Waals surface area contributed by atoms with Crippen molar-refractivity contribution in [3.05, 3.63) is 95.9 Å². The summed E-state index contributed by atoms with van der Waals surface area (Å²) in [7, 11) is -3.75. The molecule has 1 amide bonds. The van der Waals surface area contributed by atoms with Crippen molar-refractivity contribution in [3.63, 3.8) is 0 Å². The maximum absolute atomic E-state index is 13.5. The monoisotopic (exact) mass is 461 g/mol. The number of para-hydroxylation sites is 1. The molecule has 4 rings (SSSR count). The van der Waals surface area contributed by atoms with Crippen LogP contribution in [0.25, 0.3) is 10.9 Å². The number of nitrogens with one attached hydrogen (secondary N) is 2. The number of fused-ring (bicyclic) bond motifs is 1. The van der Waals surface area contributed by atoms with Gasteiger partial charge in [0, 0.05) is 36.0 Å². The first-order chi connectivity index (χ1) is 15.9. The average Bonchev–Trinajstić information content (AvgIpc) is 3.22. The largest absolute Gasteiger partial charge is 0.361 e. The van der Waals surface area contributed by atoms with E-state index in [1.165, 1.54) is 6.20 Å². The van der Waals surface area contributed by atoms with Gasteiger partial charge < -0.3 is 10.3 Å². The lowest BCUT2D eigenvalue weighted by molar-refractivity contribution is -0.120. The molecule has 2 N–H and O–H groups in total. The molecule has 2 heterocycles. The molecule has 2 aromatic carbocycles. The summed E-state index contributed by atoms with van der Waals surface area (Å²) >= 11 is 0. The minimum atomic E-state index is -3.75. The van der Waals surface area contributed by atoms with E-state index in [-0.39, 0.29) is 23.8 Å².